The molecule has 0 aromatic heterocycles. The maximum absolute atomic E-state index is 12.6. The van der Waals surface area contributed by atoms with E-state index in [0.29, 0.717) is 6.42 Å². The third-order valence-electron chi connectivity index (χ3n) is 2.84. The number of nitrogens with zero attached hydrogens (tertiary/aromatic N) is 1. The van der Waals surface area contributed by atoms with Gasteiger partial charge in [-0.05, 0) is 6.42 Å². The van der Waals surface area contributed by atoms with Crippen molar-refractivity contribution < 1.29 is 27.8 Å². The molecule has 0 bridgehead atoms. The molecule has 0 atom stereocenters. The first-order valence-corrected chi connectivity index (χ1v) is 8.23. The Morgan fingerprint density at radius 1 is 1.27 bits per heavy atom. The van der Waals surface area contributed by atoms with Crippen molar-refractivity contribution in [2.45, 2.75) is 18.2 Å². The Morgan fingerprint density at radius 3 is 2.27 bits per heavy atom. The quantitative estimate of drug-likeness (QED) is 0.768. The molecular formula is C13H18ClNO6S. The van der Waals surface area contributed by atoms with Gasteiger partial charge in [-0.1, -0.05) is 18.5 Å². The molecule has 0 unspecified atom stereocenters. The van der Waals surface area contributed by atoms with E-state index in [-0.39, 0.29) is 28.0 Å². The van der Waals surface area contributed by atoms with E-state index in [0.717, 1.165) is 4.31 Å². The minimum Gasteiger partial charge on any atom is -0.493 e. The second-order valence-electron chi connectivity index (χ2n) is 4.37. The number of aliphatic carboxylic acids is 1. The lowest BCUT2D eigenvalue weighted by Crippen LogP contribution is -2.36. The van der Waals surface area contributed by atoms with Crippen LogP contribution in [-0.2, 0) is 14.8 Å². The highest BCUT2D eigenvalue weighted by molar-refractivity contribution is 7.89. The molecule has 0 heterocycles. The molecule has 9 heteroatoms. The van der Waals surface area contributed by atoms with E-state index in [1.165, 1.54) is 26.4 Å². The number of benzene rings is 1. The summed E-state index contributed by atoms with van der Waals surface area (Å²) in [6, 6.07) is 2.54. The van der Waals surface area contributed by atoms with Crippen molar-refractivity contribution in [2.75, 3.05) is 27.3 Å². The van der Waals surface area contributed by atoms with Gasteiger partial charge in [0.2, 0.25) is 10.0 Å². The smallest absolute Gasteiger partial charge is 0.318 e. The number of carboxylic acids is 1. The summed E-state index contributed by atoms with van der Waals surface area (Å²) in [6.45, 7) is 1.18. The van der Waals surface area contributed by atoms with Crippen LogP contribution in [0.25, 0.3) is 0 Å². The van der Waals surface area contributed by atoms with Gasteiger partial charge >= 0.3 is 5.97 Å². The summed E-state index contributed by atoms with van der Waals surface area (Å²) in [5, 5.41) is 8.82. The standard InChI is InChI=1S/C13H18ClNO6S/c1-4-5-15(8-13(16)17)22(18,19)12-7-11(21-3)10(20-2)6-9(12)14/h6-7H,4-5,8H2,1-3H3,(H,16,17). The van der Waals surface area contributed by atoms with Crippen LogP contribution in [0.1, 0.15) is 13.3 Å². The zero-order valence-corrected chi connectivity index (χ0v) is 14.1. The molecule has 22 heavy (non-hydrogen) atoms. The lowest BCUT2D eigenvalue weighted by molar-refractivity contribution is -0.137. The number of hydrogen-bond donors (Lipinski definition) is 1. The average molecular weight is 352 g/mol. The summed E-state index contributed by atoms with van der Waals surface area (Å²) in [7, 11) is -1.30. The van der Waals surface area contributed by atoms with Gasteiger partial charge in [-0.3, -0.25) is 4.79 Å². The summed E-state index contributed by atoms with van der Waals surface area (Å²) in [6.07, 6.45) is 0.470. The van der Waals surface area contributed by atoms with E-state index in [1.54, 1.807) is 6.92 Å². The molecule has 0 aliphatic heterocycles. The highest BCUT2D eigenvalue weighted by Gasteiger charge is 2.29. The molecule has 0 aliphatic rings. The summed E-state index contributed by atoms with van der Waals surface area (Å²) in [5.74, 6) is -0.766. The number of methoxy groups -OCH3 is 2. The first-order valence-electron chi connectivity index (χ1n) is 6.41. The van der Waals surface area contributed by atoms with E-state index in [4.69, 9.17) is 26.2 Å². The van der Waals surface area contributed by atoms with Crippen molar-refractivity contribution >= 4 is 27.6 Å². The van der Waals surface area contributed by atoms with Gasteiger partial charge in [-0.2, -0.15) is 4.31 Å². The van der Waals surface area contributed by atoms with Crippen molar-refractivity contribution in [3.8, 4) is 11.5 Å². The zero-order chi connectivity index (χ0) is 16.9. The summed E-state index contributed by atoms with van der Waals surface area (Å²) >= 11 is 6.01. The van der Waals surface area contributed by atoms with Gasteiger partial charge in [0, 0.05) is 18.7 Å². The third kappa shape index (κ3) is 4.02. The number of carbonyl (C=O) groups is 1. The van der Waals surface area contributed by atoms with Crippen LogP contribution < -0.4 is 9.47 Å². The predicted molar refractivity (Wildman–Crippen MR) is 81.2 cm³/mol. The molecule has 0 radical (unpaired) electrons. The van der Waals surface area contributed by atoms with Crippen LogP contribution in [0.4, 0.5) is 0 Å². The van der Waals surface area contributed by atoms with Gasteiger partial charge in [0.05, 0.1) is 19.2 Å². The zero-order valence-electron chi connectivity index (χ0n) is 12.5. The van der Waals surface area contributed by atoms with Gasteiger partial charge in [0.25, 0.3) is 0 Å². The number of halogens is 1. The molecule has 124 valence electrons. The Morgan fingerprint density at radius 2 is 1.82 bits per heavy atom. The monoisotopic (exact) mass is 351 g/mol. The van der Waals surface area contributed by atoms with Crippen molar-refractivity contribution in [3.05, 3.63) is 17.2 Å². The molecule has 1 aromatic rings. The largest absolute Gasteiger partial charge is 0.493 e. The average Bonchev–Trinajstić information content (AvgIpc) is 2.45. The SMILES string of the molecule is CCCN(CC(=O)O)S(=O)(=O)c1cc(OC)c(OC)cc1Cl. The first-order chi connectivity index (χ1) is 10.3. The molecule has 0 amide bonds. The lowest BCUT2D eigenvalue weighted by atomic mass is 10.3. The fourth-order valence-corrected chi connectivity index (χ4v) is 3.85. The maximum atomic E-state index is 12.6. The van der Waals surface area contributed by atoms with Crippen LogP contribution in [0.3, 0.4) is 0 Å². The summed E-state index contributed by atoms with van der Waals surface area (Å²) in [5.41, 5.74) is 0. The minimum absolute atomic E-state index is 0.0656. The van der Waals surface area contributed by atoms with E-state index in [1.807, 2.05) is 0 Å². The third-order valence-corrected chi connectivity index (χ3v) is 5.15. The first kappa shape index (κ1) is 18.5. The topological polar surface area (TPSA) is 93.1 Å². The molecule has 0 aliphatic carbocycles. The second kappa shape index (κ2) is 7.66. The van der Waals surface area contributed by atoms with Gasteiger partial charge in [0.15, 0.2) is 11.5 Å². The predicted octanol–water partition coefficient (Wildman–Crippen LogP) is 1.84. The van der Waals surface area contributed by atoms with Crippen LogP contribution in [0.15, 0.2) is 17.0 Å². The number of hydrogen-bond acceptors (Lipinski definition) is 5. The van der Waals surface area contributed by atoms with E-state index in [2.05, 4.69) is 0 Å². The van der Waals surface area contributed by atoms with Gasteiger partial charge < -0.3 is 14.6 Å². The second-order valence-corrected chi connectivity index (χ2v) is 6.68. The Balaban J connectivity index is 3.39. The van der Waals surface area contributed by atoms with E-state index in [9.17, 15) is 13.2 Å². The summed E-state index contributed by atoms with van der Waals surface area (Å²) in [4.78, 5) is 10.7. The molecule has 7 nitrogen and oxygen atoms in total. The number of ether oxygens (including phenoxy) is 2. The summed E-state index contributed by atoms with van der Waals surface area (Å²) < 4.78 is 36.2. The minimum atomic E-state index is -4.06. The molecule has 1 N–H and O–H groups in total. The lowest BCUT2D eigenvalue weighted by Gasteiger charge is -2.21. The Kier molecular flexibility index (Phi) is 6.46. The van der Waals surface area contributed by atoms with Gasteiger partial charge in [0.1, 0.15) is 11.4 Å². The molecule has 0 fully saturated rings. The Hall–Kier alpha value is -1.51. The molecule has 0 spiro atoms. The van der Waals surface area contributed by atoms with Gasteiger partial charge in [-0.25, -0.2) is 8.42 Å². The normalized spacial score (nSPS) is 11.5. The Labute approximate surface area is 134 Å². The van der Waals surface area contributed by atoms with Crippen LogP contribution in [0.2, 0.25) is 5.02 Å². The molecule has 0 saturated carbocycles. The van der Waals surface area contributed by atoms with Crippen molar-refractivity contribution in [2.24, 2.45) is 0 Å². The molecule has 0 saturated heterocycles. The van der Waals surface area contributed by atoms with Crippen LogP contribution in [-0.4, -0.2) is 51.1 Å². The van der Waals surface area contributed by atoms with E-state index < -0.39 is 22.5 Å². The van der Waals surface area contributed by atoms with Gasteiger partial charge in [-0.15, -0.1) is 0 Å². The Bertz CT molecular complexity index is 646. The maximum Gasteiger partial charge on any atom is 0.318 e. The fraction of sp³-hybridized carbons (Fsp3) is 0.462. The van der Waals surface area contributed by atoms with E-state index >= 15 is 0 Å². The number of carboxylic acid groups (broad SMARTS) is 1. The van der Waals surface area contributed by atoms with Crippen LogP contribution in [0, 0.1) is 0 Å². The van der Waals surface area contributed by atoms with Crippen LogP contribution in [0.5, 0.6) is 11.5 Å². The fourth-order valence-electron chi connectivity index (χ4n) is 1.86. The molecule has 1 aromatic carbocycles. The molecular weight excluding hydrogens is 334 g/mol. The number of sulfonamides is 1. The highest BCUT2D eigenvalue weighted by atomic mass is 35.5. The molecule has 1 rings (SSSR count). The van der Waals surface area contributed by atoms with Crippen molar-refractivity contribution in [1.29, 1.82) is 0 Å². The number of rotatable bonds is 8. The van der Waals surface area contributed by atoms with Crippen molar-refractivity contribution in [3.63, 3.8) is 0 Å². The van der Waals surface area contributed by atoms with Crippen molar-refractivity contribution in [1.82, 2.24) is 4.31 Å². The highest BCUT2D eigenvalue weighted by Crippen LogP contribution is 2.36. The van der Waals surface area contributed by atoms with Crippen LogP contribution >= 0.6 is 11.6 Å².